The van der Waals surface area contributed by atoms with E-state index < -0.39 is 5.97 Å². The Kier molecular flexibility index (Phi) is 4.42. The molecule has 0 atom stereocenters. The third-order valence-electron chi connectivity index (χ3n) is 2.57. The highest BCUT2D eigenvalue weighted by molar-refractivity contribution is 9.10. The summed E-state index contributed by atoms with van der Waals surface area (Å²) in [5.74, 6) is -1.54. The van der Waals surface area contributed by atoms with Crippen LogP contribution in [0.25, 0.3) is 0 Å². The van der Waals surface area contributed by atoms with Crippen molar-refractivity contribution >= 4 is 45.1 Å². The van der Waals surface area contributed by atoms with Crippen LogP contribution >= 0.6 is 27.5 Å². The highest BCUT2D eigenvalue weighted by Crippen LogP contribution is 2.21. The van der Waals surface area contributed by atoms with E-state index in [2.05, 4.69) is 21.2 Å². The fourth-order valence-electron chi connectivity index (χ4n) is 1.60. The predicted octanol–water partition coefficient (Wildman–Crippen LogP) is 4.05. The summed E-state index contributed by atoms with van der Waals surface area (Å²) in [6.07, 6.45) is 0. The van der Waals surface area contributed by atoms with Gasteiger partial charge >= 0.3 is 5.97 Å². The van der Waals surface area contributed by atoms with E-state index in [0.29, 0.717) is 10.6 Å². The van der Waals surface area contributed by atoms with Gasteiger partial charge in [-0.05, 0) is 42.5 Å². The Labute approximate surface area is 128 Å². The van der Waals surface area contributed by atoms with E-state index in [0.717, 1.165) is 4.47 Å². The molecule has 2 aromatic rings. The Balaban J connectivity index is 2.28. The number of rotatable bonds is 3. The molecule has 20 heavy (non-hydrogen) atoms. The normalized spacial score (nSPS) is 10.1. The molecule has 4 nitrogen and oxygen atoms in total. The topological polar surface area (TPSA) is 66.4 Å². The van der Waals surface area contributed by atoms with Gasteiger partial charge in [-0.25, -0.2) is 4.79 Å². The Morgan fingerprint density at radius 1 is 1.10 bits per heavy atom. The standard InChI is InChI=1S/C14H9BrClNO3/c15-9-3-1-8(2-4-9)13(18)17-12-6-5-10(16)7-11(12)14(19)20/h1-7H,(H,17,18)(H,19,20). The molecule has 0 aliphatic carbocycles. The highest BCUT2D eigenvalue weighted by atomic mass is 79.9. The Morgan fingerprint density at radius 3 is 2.35 bits per heavy atom. The minimum atomic E-state index is -1.15. The van der Waals surface area contributed by atoms with Gasteiger partial charge < -0.3 is 10.4 Å². The van der Waals surface area contributed by atoms with Crippen LogP contribution in [0.1, 0.15) is 20.7 Å². The van der Waals surface area contributed by atoms with E-state index in [4.69, 9.17) is 16.7 Å². The molecule has 0 saturated heterocycles. The van der Waals surface area contributed by atoms with Crippen molar-refractivity contribution in [2.75, 3.05) is 5.32 Å². The summed E-state index contributed by atoms with van der Waals surface area (Å²) in [6.45, 7) is 0. The number of benzene rings is 2. The van der Waals surface area contributed by atoms with Crippen LogP contribution in [-0.4, -0.2) is 17.0 Å². The van der Waals surface area contributed by atoms with E-state index in [1.54, 1.807) is 24.3 Å². The van der Waals surface area contributed by atoms with E-state index in [9.17, 15) is 9.59 Å². The Hall–Kier alpha value is -1.85. The maximum atomic E-state index is 12.0. The number of carboxylic acid groups (broad SMARTS) is 1. The lowest BCUT2D eigenvalue weighted by Crippen LogP contribution is -2.14. The number of hydrogen-bond donors (Lipinski definition) is 2. The molecule has 102 valence electrons. The van der Waals surface area contributed by atoms with Crippen LogP contribution in [0.15, 0.2) is 46.9 Å². The molecule has 6 heteroatoms. The third-order valence-corrected chi connectivity index (χ3v) is 3.33. The number of carbonyl (C=O) groups is 2. The lowest BCUT2D eigenvalue weighted by molar-refractivity contribution is 0.0698. The molecule has 0 radical (unpaired) electrons. The molecule has 0 spiro atoms. The molecule has 0 aliphatic rings. The van der Waals surface area contributed by atoms with Crippen molar-refractivity contribution in [2.45, 2.75) is 0 Å². The van der Waals surface area contributed by atoms with Crippen molar-refractivity contribution < 1.29 is 14.7 Å². The van der Waals surface area contributed by atoms with Gasteiger partial charge in [0.25, 0.3) is 5.91 Å². The third kappa shape index (κ3) is 3.37. The van der Waals surface area contributed by atoms with Crippen molar-refractivity contribution in [1.29, 1.82) is 0 Å². The largest absolute Gasteiger partial charge is 0.478 e. The summed E-state index contributed by atoms with van der Waals surface area (Å²) in [5.41, 5.74) is 0.581. The van der Waals surface area contributed by atoms with Gasteiger partial charge in [0.2, 0.25) is 0 Å². The average Bonchev–Trinajstić information content (AvgIpc) is 2.41. The zero-order valence-electron chi connectivity index (χ0n) is 10.1. The van der Waals surface area contributed by atoms with Crippen molar-refractivity contribution in [3.63, 3.8) is 0 Å². The monoisotopic (exact) mass is 353 g/mol. The van der Waals surface area contributed by atoms with E-state index in [-0.39, 0.29) is 17.2 Å². The zero-order chi connectivity index (χ0) is 14.7. The number of halogens is 2. The smallest absolute Gasteiger partial charge is 0.337 e. The van der Waals surface area contributed by atoms with Gasteiger partial charge in [-0.2, -0.15) is 0 Å². The molecule has 0 unspecified atom stereocenters. The number of carbonyl (C=O) groups excluding carboxylic acids is 1. The number of aromatic carboxylic acids is 1. The molecule has 0 aromatic heterocycles. The summed E-state index contributed by atoms with van der Waals surface area (Å²) >= 11 is 9.03. The first-order valence-corrected chi connectivity index (χ1v) is 6.74. The number of anilines is 1. The van der Waals surface area contributed by atoms with Crippen LogP contribution in [0.5, 0.6) is 0 Å². The van der Waals surface area contributed by atoms with Gasteiger partial charge in [0, 0.05) is 15.1 Å². The lowest BCUT2D eigenvalue weighted by atomic mass is 10.1. The fraction of sp³-hybridized carbons (Fsp3) is 0. The minimum absolute atomic E-state index is 0.0528. The summed E-state index contributed by atoms with van der Waals surface area (Å²) in [6, 6.07) is 11.0. The van der Waals surface area contributed by atoms with Gasteiger partial charge in [-0.1, -0.05) is 27.5 Å². The molecule has 2 rings (SSSR count). The summed E-state index contributed by atoms with van der Waals surface area (Å²) in [7, 11) is 0. The van der Waals surface area contributed by atoms with E-state index in [1.807, 2.05) is 0 Å². The second-order valence-electron chi connectivity index (χ2n) is 3.96. The average molecular weight is 355 g/mol. The van der Waals surface area contributed by atoms with Crippen molar-refractivity contribution in [3.05, 3.63) is 63.1 Å². The molecular formula is C14H9BrClNO3. The quantitative estimate of drug-likeness (QED) is 0.874. The molecule has 1 amide bonds. The van der Waals surface area contributed by atoms with Crippen LogP contribution < -0.4 is 5.32 Å². The van der Waals surface area contributed by atoms with Crippen molar-refractivity contribution in [1.82, 2.24) is 0 Å². The first-order chi connectivity index (χ1) is 9.47. The molecular weight excluding hydrogens is 346 g/mol. The van der Waals surface area contributed by atoms with E-state index >= 15 is 0 Å². The molecule has 0 bridgehead atoms. The van der Waals surface area contributed by atoms with Gasteiger partial charge in [0.1, 0.15) is 0 Å². The van der Waals surface area contributed by atoms with Gasteiger partial charge in [-0.3, -0.25) is 4.79 Å². The molecule has 0 heterocycles. The second kappa shape index (κ2) is 6.07. The van der Waals surface area contributed by atoms with Crippen molar-refractivity contribution in [2.24, 2.45) is 0 Å². The first-order valence-electron chi connectivity index (χ1n) is 5.57. The molecule has 0 fully saturated rings. The molecule has 2 N–H and O–H groups in total. The predicted molar refractivity (Wildman–Crippen MR) is 80.5 cm³/mol. The fourth-order valence-corrected chi connectivity index (χ4v) is 2.03. The van der Waals surface area contributed by atoms with Crippen LogP contribution in [0, 0.1) is 0 Å². The first kappa shape index (κ1) is 14.6. The number of carboxylic acids is 1. The Morgan fingerprint density at radius 2 is 1.75 bits per heavy atom. The Bertz CT molecular complexity index is 671. The number of nitrogens with one attached hydrogen (secondary N) is 1. The van der Waals surface area contributed by atoms with Gasteiger partial charge in [0.05, 0.1) is 11.3 Å². The number of amides is 1. The SMILES string of the molecule is O=C(Nc1ccc(Cl)cc1C(=O)O)c1ccc(Br)cc1. The number of hydrogen-bond acceptors (Lipinski definition) is 2. The van der Waals surface area contributed by atoms with Gasteiger partial charge in [-0.15, -0.1) is 0 Å². The summed E-state index contributed by atoms with van der Waals surface area (Å²) in [5, 5.41) is 12.0. The van der Waals surface area contributed by atoms with E-state index in [1.165, 1.54) is 18.2 Å². The maximum Gasteiger partial charge on any atom is 0.337 e. The highest BCUT2D eigenvalue weighted by Gasteiger charge is 2.14. The van der Waals surface area contributed by atoms with Crippen LogP contribution in [0.2, 0.25) is 5.02 Å². The molecule has 0 aliphatic heterocycles. The lowest BCUT2D eigenvalue weighted by Gasteiger charge is -2.09. The summed E-state index contributed by atoms with van der Waals surface area (Å²) in [4.78, 5) is 23.2. The van der Waals surface area contributed by atoms with Gasteiger partial charge in [0.15, 0.2) is 0 Å². The molecule has 2 aromatic carbocycles. The summed E-state index contributed by atoms with van der Waals surface area (Å²) < 4.78 is 0.853. The van der Waals surface area contributed by atoms with Crippen LogP contribution in [0.3, 0.4) is 0 Å². The second-order valence-corrected chi connectivity index (χ2v) is 5.31. The van der Waals surface area contributed by atoms with Crippen LogP contribution in [0.4, 0.5) is 5.69 Å². The maximum absolute atomic E-state index is 12.0. The zero-order valence-corrected chi connectivity index (χ0v) is 12.4. The molecule has 0 saturated carbocycles. The minimum Gasteiger partial charge on any atom is -0.478 e. The van der Waals surface area contributed by atoms with Crippen molar-refractivity contribution in [3.8, 4) is 0 Å². The van der Waals surface area contributed by atoms with Crippen LogP contribution in [-0.2, 0) is 0 Å².